The third kappa shape index (κ3) is 2.56. The summed E-state index contributed by atoms with van der Waals surface area (Å²) in [6.07, 6.45) is 2.08. The quantitative estimate of drug-likeness (QED) is 0.869. The van der Waals surface area contributed by atoms with Crippen LogP contribution < -0.4 is 4.74 Å². The van der Waals surface area contributed by atoms with Gasteiger partial charge in [-0.15, -0.1) is 0 Å². The third-order valence-corrected chi connectivity index (χ3v) is 4.55. The third-order valence-electron chi connectivity index (χ3n) is 4.55. The Kier molecular flexibility index (Phi) is 4.06. The summed E-state index contributed by atoms with van der Waals surface area (Å²) in [6, 6.07) is 8.34. The van der Waals surface area contributed by atoms with Gasteiger partial charge in [-0.2, -0.15) is 5.26 Å². The minimum atomic E-state index is -0.204. The summed E-state index contributed by atoms with van der Waals surface area (Å²) in [6.45, 7) is 3.86. The maximum Gasteiger partial charge on any atom is 0.126 e. The van der Waals surface area contributed by atoms with Crippen molar-refractivity contribution >= 4 is 10.9 Å². The Morgan fingerprint density at radius 3 is 2.55 bits per heavy atom. The van der Waals surface area contributed by atoms with E-state index in [2.05, 4.69) is 39.7 Å². The van der Waals surface area contributed by atoms with Crippen LogP contribution >= 0.6 is 0 Å². The van der Waals surface area contributed by atoms with E-state index in [1.807, 2.05) is 19.2 Å². The SMILES string of the molecule is COc1ccc2c(c1)c(C(C#N)N1CCN(C)CC1)cn2C. The van der Waals surface area contributed by atoms with Crippen LogP contribution in [0.2, 0.25) is 0 Å². The van der Waals surface area contributed by atoms with Gasteiger partial charge in [0.2, 0.25) is 0 Å². The molecule has 0 aliphatic carbocycles. The summed E-state index contributed by atoms with van der Waals surface area (Å²) in [5, 5.41) is 10.9. The molecule has 2 heterocycles. The lowest BCUT2D eigenvalue weighted by Gasteiger charge is -2.35. The average molecular weight is 298 g/mol. The van der Waals surface area contributed by atoms with E-state index in [-0.39, 0.29) is 6.04 Å². The molecular formula is C17H22N4O. The number of likely N-dealkylation sites (N-methyl/N-ethyl adjacent to an activating group) is 1. The molecule has 2 aromatic rings. The first-order valence-electron chi connectivity index (χ1n) is 7.59. The molecule has 0 N–H and O–H groups in total. The zero-order chi connectivity index (χ0) is 15.7. The standard InChI is InChI=1S/C17H22N4O/c1-19-6-8-21(9-7-19)17(11-18)15-12-20(2)16-5-4-13(22-3)10-14(15)16/h4-5,10,12,17H,6-9H2,1-3H3. The predicted octanol–water partition coefficient (Wildman–Crippen LogP) is 2.00. The van der Waals surface area contributed by atoms with Crippen molar-refractivity contribution in [3.05, 3.63) is 30.0 Å². The van der Waals surface area contributed by atoms with Crippen LogP contribution in [0.15, 0.2) is 24.4 Å². The predicted molar refractivity (Wildman–Crippen MR) is 86.9 cm³/mol. The number of rotatable bonds is 3. The lowest BCUT2D eigenvalue weighted by atomic mass is 10.0. The Balaban J connectivity index is 2.01. The highest BCUT2D eigenvalue weighted by atomic mass is 16.5. The van der Waals surface area contributed by atoms with Crippen molar-refractivity contribution in [2.45, 2.75) is 6.04 Å². The first-order chi connectivity index (χ1) is 10.6. The molecule has 5 nitrogen and oxygen atoms in total. The van der Waals surface area contributed by atoms with Gasteiger partial charge in [-0.1, -0.05) is 0 Å². The van der Waals surface area contributed by atoms with Gasteiger partial charge in [-0.05, 0) is 25.2 Å². The Labute approximate surface area is 131 Å². The monoisotopic (exact) mass is 298 g/mol. The summed E-state index contributed by atoms with van der Waals surface area (Å²) in [5.41, 5.74) is 2.20. The molecular weight excluding hydrogens is 276 g/mol. The van der Waals surface area contributed by atoms with E-state index in [0.717, 1.165) is 48.4 Å². The number of piperazine rings is 1. The molecule has 0 saturated carbocycles. The lowest BCUT2D eigenvalue weighted by molar-refractivity contribution is 0.133. The van der Waals surface area contributed by atoms with Crippen molar-refractivity contribution in [3.8, 4) is 11.8 Å². The second-order valence-electron chi connectivity index (χ2n) is 5.95. The number of fused-ring (bicyclic) bond motifs is 1. The second-order valence-corrected chi connectivity index (χ2v) is 5.95. The first kappa shape index (κ1) is 14.9. The van der Waals surface area contributed by atoms with Crippen molar-refractivity contribution in [3.63, 3.8) is 0 Å². The van der Waals surface area contributed by atoms with Crippen molar-refractivity contribution in [1.29, 1.82) is 5.26 Å². The zero-order valence-electron chi connectivity index (χ0n) is 13.4. The highest BCUT2D eigenvalue weighted by Gasteiger charge is 2.26. The van der Waals surface area contributed by atoms with Crippen LogP contribution in [0.5, 0.6) is 5.75 Å². The molecule has 1 atom stereocenters. The number of hydrogen-bond donors (Lipinski definition) is 0. The van der Waals surface area contributed by atoms with Gasteiger partial charge in [-0.25, -0.2) is 0 Å². The number of aromatic nitrogens is 1. The molecule has 1 aliphatic heterocycles. The molecule has 0 bridgehead atoms. The minimum Gasteiger partial charge on any atom is -0.497 e. The summed E-state index contributed by atoms with van der Waals surface area (Å²) >= 11 is 0. The molecule has 1 saturated heterocycles. The number of ether oxygens (including phenoxy) is 1. The van der Waals surface area contributed by atoms with E-state index in [1.54, 1.807) is 7.11 Å². The van der Waals surface area contributed by atoms with E-state index in [1.165, 1.54) is 0 Å². The average Bonchev–Trinajstić information content (AvgIpc) is 2.86. The van der Waals surface area contributed by atoms with Crippen LogP contribution in [0.4, 0.5) is 0 Å². The van der Waals surface area contributed by atoms with E-state index >= 15 is 0 Å². The maximum absolute atomic E-state index is 9.75. The Bertz CT molecular complexity index is 707. The largest absolute Gasteiger partial charge is 0.497 e. The van der Waals surface area contributed by atoms with Crippen molar-refractivity contribution in [2.75, 3.05) is 40.3 Å². The fraction of sp³-hybridized carbons (Fsp3) is 0.471. The Morgan fingerprint density at radius 2 is 1.91 bits per heavy atom. The Morgan fingerprint density at radius 1 is 1.18 bits per heavy atom. The van der Waals surface area contributed by atoms with Gasteiger partial charge in [0.25, 0.3) is 0 Å². The summed E-state index contributed by atoms with van der Waals surface area (Å²) < 4.78 is 7.43. The molecule has 0 radical (unpaired) electrons. The van der Waals surface area contributed by atoms with E-state index < -0.39 is 0 Å². The molecule has 0 amide bonds. The second kappa shape index (κ2) is 5.99. The molecule has 22 heavy (non-hydrogen) atoms. The number of nitriles is 1. The van der Waals surface area contributed by atoms with Gasteiger partial charge in [0, 0.05) is 55.9 Å². The number of nitrogens with zero attached hydrogens (tertiary/aromatic N) is 4. The number of methoxy groups -OCH3 is 1. The Hall–Kier alpha value is -2.03. The van der Waals surface area contributed by atoms with Crippen LogP contribution in [-0.2, 0) is 7.05 Å². The van der Waals surface area contributed by atoms with Crippen LogP contribution in [0, 0.1) is 11.3 Å². The summed E-state index contributed by atoms with van der Waals surface area (Å²) in [7, 11) is 5.82. The van der Waals surface area contributed by atoms with E-state index in [9.17, 15) is 5.26 Å². The smallest absolute Gasteiger partial charge is 0.126 e. The van der Waals surface area contributed by atoms with Gasteiger partial charge in [0.1, 0.15) is 11.8 Å². The van der Waals surface area contributed by atoms with E-state index in [0.29, 0.717) is 0 Å². The zero-order valence-corrected chi connectivity index (χ0v) is 13.4. The number of hydrogen-bond acceptors (Lipinski definition) is 4. The molecule has 0 spiro atoms. The van der Waals surface area contributed by atoms with Gasteiger partial charge in [-0.3, -0.25) is 4.90 Å². The number of benzene rings is 1. The maximum atomic E-state index is 9.75. The van der Waals surface area contributed by atoms with Gasteiger partial charge >= 0.3 is 0 Å². The van der Waals surface area contributed by atoms with E-state index in [4.69, 9.17) is 4.74 Å². The molecule has 3 rings (SSSR count). The summed E-state index contributed by atoms with van der Waals surface area (Å²) in [5.74, 6) is 0.829. The highest BCUT2D eigenvalue weighted by Crippen LogP contribution is 2.32. The molecule has 1 unspecified atom stereocenters. The first-order valence-corrected chi connectivity index (χ1v) is 7.59. The van der Waals surface area contributed by atoms with Gasteiger partial charge in [0.05, 0.1) is 13.2 Å². The van der Waals surface area contributed by atoms with Crippen molar-refractivity contribution in [1.82, 2.24) is 14.4 Å². The fourth-order valence-corrected chi connectivity index (χ4v) is 3.17. The normalized spacial score (nSPS) is 18.3. The summed E-state index contributed by atoms with van der Waals surface area (Å²) in [4.78, 5) is 4.57. The van der Waals surface area contributed by atoms with Crippen LogP contribution in [-0.4, -0.2) is 54.7 Å². The van der Waals surface area contributed by atoms with Crippen molar-refractivity contribution < 1.29 is 4.74 Å². The molecule has 5 heteroatoms. The topological polar surface area (TPSA) is 44.4 Å². The fourth-order valence-electron chi connectivity index (χ4n) is 3.17. The molecule has 1 fully saturated rings. The van der Waals surface area contributed by atoms with Crippen LogP contribution in [0.3, 0.4) is 0 Å². The number of aryl methyl sites for hydroxylation is 1. The van der Waals surface area contributed by atoms with Gasteiger partial charge in [0.15, 0.2) is 0 Å². The minimum absolute atomic E-state index is 0.204. The molecule has 1 aromatic heterocycles. The molecule has 1 aromatic carbocycles. The van der Waals surface area contributed by atoms with Crippen LogP contribution in [0.25, 0.3) is 10.9 Å². The highest BCUT2D eigenvalue weighted by molar-refractivity contribution is 5.86. The van der Waals surface area contributed by atoms with Crippen molar-refractivity contribution in [2.24, 2.45) is 7.05 Å². The molecule has 116 valence electrons. The lowest BCUT2D eigenvalue weighted by Crippen LogP contribution is -2.45. The van der Waals surface area contributed by atoms with Crippen LogP contribution in [0.1, 0.15) is 11.6 Å². The van der Waals surface area contributed by atoms with Gasteiger partial charge < -0.3 is 14.2 Å². The molecule has 1 aliphatic rings.